The van der Waals surface area contributed by atoms with E-state index in [1.807, 2.05) is 23.5 Å². The van der Waals surface area contributed by atoms with Gasteiger partial charge in [0.15, 0.2) is 0 Å². The van der Waals surface area contributed by atoms with Crippen molar-refractivity contribution in [3.05, 3.63) is 93.0 Å². The summed E-state index contributed by atoms with van der Waals surface area (Å²) in [5.74, 6) is 4.16. The molecular formula is C40H48BrIN2O2S2. The molecule has 0 bridgehead atoms. The smallest absolute Gasteiger partial charge is 0.134 e. The third-order valence-corrected chi connectivity index (χ3v) is 14.5. The van der Waals surface area contributed by atoms with Crippen LogP contribution in [0.15, 0.2) is 99.2 Å². The summed E-state index contributed by atoms with van der Waals surface area (Å²) in [5, 5.41) is 0. The molecule has 4 aromatic rings. The molecule has 0 aromatic heterocycles. The molecule has 4 nitrogen and oxygen atoms in total. The number of rotatable bonds is 8. The summed E-state index contributed by atoms with van der Waals surface area (Å²) < 4.78 is 13.2. The van der Waals surface area contributed by atoms with Crippen LogP contribution in [0.2, 0.25) is 0 Å². The molecular weight excluding hydrogens is 811 g/mol. The number of hydrogen-bond acceptors (Lipinski definition) is 6. The molecule has 0 unspecified atom stereocenters. The van der Waals surface area contributed by atoms with Crippen molar-refractivity contribution in [1.82, 2.24) is 0 Å². The normalized spacial score (nSPS) is 16.4. The molecule has 0 saturated heterocycles. The fraction of sp³-hybridized carbons (Fsp3) is 0.400. The summed E-state index contributed by atoms with van der Waals surface area (Å²) in [7, 11) is 3.48. The van der Waals surface area contributed by atoms with Crippen molar-refractivity contribution < 1.29 is 9.47 Å². The standard InChI is InChI=1S/C20H24BrNOS.C20H24INOS/c2*1-4-20(5-2)13-22(15-9-7-6-8-10-15)17-11-16(21)18(23-3)12-19(17)24-14-20/h2*6-12H,4-5,13-14H2,1-3H3. The number of hydrogen-bond donors (Lipinski definition) is 0. The Morgan fingerprint density at radius 1 is 0.646 bits per heavy atom. The van der Waals surface area contributed by atoms with Gasteiger partial charge in [0.2, 0.25) is 0 Å². The lowest BCUT2D eigenvalue weighted by molar-refractivity contribution is 0.319. The van der Waals surface area contributed by atoms with Crippen LogP contribution in [0.1, 0.15) is 53.4 Å². The van der Waals surface area contributed by atoms with Gasteiger partial charge in [-0.15, -0.1) is 23.5 Å². The number of para-hydroxylation sites is 2. The molecule has 0 aliphatic carbocycles. The zero-order valence-corrected chi connectivity index (χ0v) is 34.4. The lowest BCUT2D eigenvalue weighted by Crippen LogP contribution is -2.35. The van der Waals surface area contributed by atoms with Crippen LogP contribution in [0.5, 0.6) is 11.5 Å². The van der Waals surface area contributed by atoms with Crippen molar-refractivity contribution in [2.24, 2.45) is 10.8 Å². The van der Waals surface area contributed by atoms with Crippen LogP contribution >= 0.6 is 62.0 Å². The van der Waals surface area contributed by atoms with Crippen LogP contribution in [-0.4, -0.2) is 38.8 Å². The molecule has 2 heterocycles. The Morgan fingerprint density at radius 3 is 1.48 bits per heavy atom. The molecule has 6 rings (SSSR count). The number of thioether (sulfide) groups is 2. The minimum atomic E-state index is 0.319. The Kier molecular flexibility index (Phi) is 13.0. The van der Waals surface area contributed by atoms with Crippen molar-refractivity contribution in [2.75, 3.05) is 48.6 Å². The number of methoxy groups -OCH3 is 2. The Labute approximate surface area is 319 Å². The minimum absolute atomic E-state index is 0.319. The van der Waals surface area contributed by atoms with Gasteiger partial charge >= 0.3 is 0 Å². The molecule has 0 amide bonds. The van der Waals surface area contributed by atoms with E-state index in [4.69, 9.17) is 9.47 Å². The highest BCUT2D eigenvalue weighted by molar-refractivity contribution is 14.1. The highest BCUT2D eigenvalue weighted by Crippen LogP contribution is 2.49. The highest BCUT2D eigenvalue weighted by atomic mass is 127. The molecule has 0 fully saturated rings. The lowest BCUT2D eigenvalue weighted by Gasteiger charge is -2.36. The summed E-state index contributed by atoms with van der Waals surface area (Å²) in [6, 6.07) is 30.3. The number of anilines is 4. The van der Waals surface area contributed by atoms with E-state index in [2.05, 4.69) is 161 Å². The lowest BCUT2D eigenvalue weighted by atomic mass is 9.83. The SMILES string of the molecule is CCC1(CC)CSc2cc(OC)c(Br)cc2N(c2ccccc2)C1.CCC1(CC)CSc2cc(OC)c(I)cc2N(c2ccccc2)C1. The quantitative estimate of drug-likeness (QED) is 0.164. The van der Waals surface area contributed by atoms with Crippen molar-refractivity contribution in [3.63, 3.8) is 0 Å². The Balaban J connectivity index is 0.000000188. The summed E-state index contributed by atoms with van der Waals surface area (Å²) in [5.41, 5.74) is 5.75. The van der Waals surface area contributed by atoms with Gasteiger partial charge in [-0.25, -0.2) is 0 Å². The second-order valence-corrected chi connectivity index (χ2v) is 16.8. The summed E-state index contributed by atoms with van der Waals surface area (Å²) in [4.78, 5) is 7.60. The fourth-order valence-corrected chi connectivity index (χ4v) is 10.5. The van der Waals surface area contributed by atoms with E-state index < -0.39 is 0 Å². The zero-order chi connectivity index (χ0) is 34.3. The van der Waals surface area contributed by atoms with E-state index in [-0.39, 0.29) is 0 Å². The number of nitrogens with zero attached hydrogens (tertiary/aromatic N) is 2. The number of fused-ring (bicyclic) bond motifs is 2. The Bertz CT molecular complexity index is 1530. The van der Waals surface area contributed by atoms with Crippen molar-refractivity contribution in [1.29, 1.82) is 0 Å². The van der Waals surface area contributed by atoms with Gasteiger partial charge in [-0.3, -0.25) is 0 Å². The van der Waals surface area contributed by atoms with E-state index >= 15 is 0 Å². The van der Waals surface area contributed by atoms with Gasteiger partial charge in [-0.05, 0) is 124 Å². The Hall–Kier alpha value is -2.01. The maximum absolute atomic E-state index is 5.56. The monoisotopic (exact) mass is 858 g/mol. The van der Waals surface area contributed by atoms with Gasteiger partial charge < -0.3 is 19.3 Å². The molecule has 8 heteroatoms. The van der Waals surface area contributed by atoms with Gasteiger partial charge in [-0.2, -0.15) is 0 Å². The average Bonchev–Trinajstić information content (AvgIpc) is 3.40. The molecule has 0 saturated carbocycles. The summed E-state index contributed by atoms with van der Waals surface area (Å²) >= 11 is 9.97. The topological polar surface area (TPSA) is 24.9 Å². The maximum Gasteiger partial charge on any atom is 0.134 e. The van der Waals surface area contributed by atoms with Crippen LogP contribution in [0, 0.1) is 14.4 Å². The fourth-order valence-electron chi connectivity index (χ4n) is 6.44. The van der Waals surface area contributed by atoms with Crippen LogP contribution in [0.25, 0.3) is 0 Å². The van der Waals surface area contributed by atoms with Crippen molar-refractivity contribution in [2.45, 2.75) is 63.2 Å². The second-order valence-electron chi connectivity index (χ2n) is 12.7. The predicted octanol–water partition coefficient (Wildman–Crippen LogP) is 12.9. The van der Waals surface area contributed by atoms with Gasteiger partial charge in [0.1, 0.15) is 11.5 Å². The number of ether oxygens (including phenoxy) is 2. The maximum atomic E-state index is 5.56. The molecule has 2 aliphatic heterocycles. The number of halogens is 2. The van der Waals surface area contributed by atoms with Crippen LogP contribution < -0.4 is 19.3 Å². The first-order valence-corrected chi connectivity index (χ1v) is 20.7. The molecule has 256 valence electrons. The van der Waals surface area contributed by atoms with Crippen molar-refractivity contribution >= 4 is 84.8 Å². The second kappa shape index (κ2) is 16.8. The van der Waals surface area contributed by atoms with Gasteiger partial charge in [-0.1, -0.05) is 64.1 Å². The first kappa shape index (κ1) is 37.3. The highest BCUT2D eigenvalue weighted by Gasteiger charge is 2.35. The largest absolute Gasteiger partial charge is 0.496 e. The first-order valence-electron chi connectivity index (χ1n) is 16.9. The first-order chi connectivity index (χ1) is 23.2. The molecule has 0 radical (unpaired) electrons. The summed E-state index contributed by atoms with van der Waals surface area (Å²) in [6.45, 7) is 11.4. The molecule has 0 N–H and O–H groups in total. The molecule has 4 aromatic carbocycles. The minimum Gasteiger partial charge on any atom is -0.496 e. The van der Waals surface area contributed by atoms with Crippen LogP contribution in [0.3, 0.4) is 0 Å². The van der Waals surface area contributed by atoms with Crippen molar-refractivity contribution in [3.8, 4) is 11.5 Å². The number of benzene rings is 4. The summed E-state index contributed by atoms with van der Waals surface area (Å²) in [6.07, 6.45) is 4.77. The third kappa shape index (κ3) is 8.13. The third-order valence-electron chi connectivity index (χ3n) is 10.2. The Morgan fingerprint density at radius 2 is 1.06 bits per heavy atom. The molecule has 2 aliphatic rings. The van der Waals surface area contributed by atoms with Gasteiger partial charge in [0.25, 0.3) is 0 Å². The molecule has 0 spiro atoms. The molecule has 0 atom stereocenters. The van der Waals surface area contributed by atoms with E-state index in [0.717, 1.165) is 44.1 Å². The van der Waals surface area contributed by atoms with Crippen LogP contribution in [0.4, 0.5) is 22.7 Å². The van der Waals surface area contributed by atoms with Gasteiger partial charge in [0, 0.05) is 45.8 Å². The predicted molar refractivity (Wildman–Crippen MR) is 221 cm³/mol. The van der Waals surface area contributed by atoms with E-state index in [0.29, 0.717) is 10.8 Å². The average molecular weight is 860 g/mol. The van der Waals surface area contributed by atoms with Gasteiger partial charge in [0.05, 0.1) is 33.6 Å². The molecule has 48 heavy (non-hydrogen) atoms. The van der Waals surface area contributed by atoms with E-state index in [9.17, 15) is 0 Å². The van der Waals surface area contributed by atoms with E-state index in [1.54, 1.807) is 14.2 Å². The van der Waals surface area contributed by atoms with E-state index in [1.165, 1.54) is 58.2 Å². The van der Waals surface area contributed by atoms with Crippen LogP contribution in [-0.2, 0) is 0 Å². The zero-order valence-electron chi connectivity index (χ0n) is 29.0.